The Morgan fingerprint density at radius 1 is 1.15 bits per heavy atom. The van der Waals surface area contributed by atoms with Gasteiger partial charge >= 0.3 is 0 Å². The average molecular weight is 409 g/mol. The monoisotopic (exact) mass is 408 g/mol. The number of amides is 1. The number of benzene rings is 2. The van der Waals surface area contributed by atoms with Crippen molar-refractivity contribution < 1.29 is 9.53 Å². The topological polar surface area (TPSA) is 41.6 Å². The molecular weight excluding hydrogens is 383 g/mol. The van der Waals surface area contributed by atoms with Crippen molar-refractivity contribution >= 4 is 29.9 Å². The zero-order valence-electron chi connectivity index (χ0n) is 15.3. The lowest BCUT2D eigenvalue weighted by atomic mass is 10.2. The zero-order chi connectivity index (χ0) is 18.2. The van der Waals surface area contributed by atoms with E-state index in [9.17, 15) is 4.79 Å². The van der Waals surface area contributed by atoms with Crippen molar-refractivity contribution in [3.8, 4) is 5.75 Å². The highest BCUT2D eigenvalue weighted by Crippen LogP contribution is 2.19. The van der Waals surface area contributed by atoms with E-state index in [1.165, 1.54) is 5.56 Å². The number of rotatable bonds is 9. The standard InChI is InChI=1S/C21H25ClN2O2.ClH/c22-20-9-2-1-7-18(20)16-26-19-8-3-6-17(14-19)15-23-11-5-13-24-12-4-10-21(24)25;/h1-3,6-9,14,23H,4-5,10-13,15-16H2;1H. The normalized spacial score (nSPS) is 13.5. The lowest BCUT2D eigenvalue weighted by Gasteiger charge is -2.15. The van der Waals surface area contributed by atoms with Crippen LogP contribution in [0.15, 0.2) is 48.5 Å². The van der Waals surface area contributed by atoms with Crippen molar-refractivity contribution in [2.75, 3.05) is 19.6 Å². The van der Waals surface area contributed by atoms with Gasteiger partial charge in [0.15, 0.2) is 0 Å². The number of likely N-dealkylation sites (tertiary alicyclic amines) is 1. The van der Waals surface area contributed by atoms with Gasteiger partial charge < -0.3 is 15.0 Å². The van der Waals surface area contributed by atoms with Crippen molar-refractivity contribution in [3.63, 3.8) is 0 Å². The highest BCUT2D eigenvalue weighted by Gasteiger charge is 2.18. The first-order valence-corrected chi connectivity index (χ1v) is 9.54. The summed E-state index contributed by atoms with van der Waals surface area (Å²) in [6, 6.07) is 15.8. The summed E-state index contributed by atoms with van der Waals surface area (Å²) in [4.78, 5) is 13.5. The molecule has 6 heteroatoms. The fourth-order valence-corrected chi connectivity index (χ4v) is 3.28. The molecule has 0 atom stereocenters. The predicted octanol–water partition coefficient (Wildman–Crippen LogP) is 4.44. The summed E-state index contributed by atoms with van der Waals surface area (Å²) < 4.78 is 5.86. The van der Waals surface area contributed by atoms with E-state index in [4.69, 9.17) is 16.3 Å². The molecule has 0 radical (unpaired) electrons. The molecule has 3 rings (SSSR count). The van der Waals surface area contributed by atoms with Crippen LogP contribution in [0, 0.1) is 0 Å². The molecule has 1 fully saturated rings. The summed E-state index contributed by atoms with van der Waals surface area (Å²) in [5.41, 5.74) is 2.16. The Kier molecular flexibility index (Phi) is 8.92. The molecule has 0 unspecified atom stereocenters. The number of halogens is 2. The first kappa shape index (κ1) is 21.5. The summed E-state index contributed by atoms with van der Waals surface area (Å²) in [6.45, 7) is 3.92. The van der Waals surface area contributed by atoms with E-state index >= 15 is 0 Å². The van der Waals surface area contributed by atoms with Crippen LogP contribution in [-0.2, 0) is 17.9 Å². The molecule has 2 aromatic carbocycles. The maximum Gasteiger partial charge on any atom is 0.222 e. The Balaban J connectivity index is 0.00000261. The number of carbonyl (C=O) groups is 1. The van der Waals surface area contributed by atoms with Gasteiger partial charge in [0.25, 0.3) is 0 Å². The average Bonchev–Trinajstić information content (AvgIpc) is 3.06. The van der Waals surface area contributed by atoms with Crippen LogP contribution in [0.4, 0.5) is 0 Å². The van der Waals surface area contributed by atoms with Gasteiger partial charge in [0.05, 0.1) is 0 Å². The maximum absolute atomic E-state index is 11.6. The lowest BCUT2D eigenvalue weighted by Crippen LogP contribution is -2.28. The minimum absolute atomic E-state index is 0. The molecule has 2 aromatic rings. The molecule has 0 bridgehead atoms. The molecule has 0 saturated carbocycles. The molecule has 27 heavy (non-hydrogen) atoms. The van der Waals surface area contributed by atoms with Crippen molar-refractivity contribution in [3.05, 3.63) is 64.7 Å². The minimum atomic E-state index is 0. The Labute approximate surface area is 172 Å². The fourth-order valence-electron chi connectivity index (χ4n) is 3.09. The second kappa shape index (κ2) is 11.2. The van der Waals surface area contributed by atoms with Crippen molar-refractivity contribution in [1.82, 2.24) is 10.2 Å². The van der Waals surface area contributed by atoms with E-state index in [0.29, 0.717) is 18.9 Å². The first-order chi connectivity index (χ1) is 12.7. The maximum atomic E-state index is 11.6. The van der Waals surface area contributed by atoms with Gasteiger partial charge in [0.1, 0.15) is 12.4 Å². The molecule has 0 aliphatic carbocycles. The quantitative estimate of drug-likeness (QED) is 0.623. The van der Waals surface area contributed by atoms with Gasteiger partial charge in [-0.1, -0.05) is 41.9 Å². The number of hydrogen-bond acceptors (Lipinski definition) is 3. The van der Waals surface area contributed by atoms with Gasteiger partial charge in [-0.25, -0.2) is 0 Å². The smallest absolute Gasteiger partial charge is 0.222 e. The van der Waals surface area contributed by atoms with E-state index in [0.717, 1.165) is 55.4 Å². The Morgan fingerprint density at radius 2 is 2.00 bits per heavy atom. The Hall–Kier alpha value is -1.75. The van der Waals surface area contributed by atoms with Crippen LogP contribution < -0.4 is 10.1 Å². The van der Waals surface area contributed by atoms with Crippen LogP contribution in [0.3, 0.4) is 0 Å². The van der Waals surface area contributed by atoms with E-state index in [2.05, 4.69) is 11.4 Å². The van der Waals surface area contributed by atoms with Crippen LogP contribution in [0.5, 0.6) is 5.75 Å². The third-order valence-electron chi connectivity index (χ3n) is 4.53. The third kappa shape index (κ3) is 6.73. The van der Waals surface area contributed by atoms with Gasteiger partial charge in [-0.05, 0) is 43.1 Å². The molecule has 1 aliphatic heterocycles. The summed E-state index contributed by atoms with van der Waals surface area (Å²) >= 11 is 6.16. The van der Waals surface area contributed by atoms with Crippen molar-refractivity contribution in [2.24, 2.45) is 0 Å². The number of hydrogen-bond donors (Lipinski definition) is 1. The molecule has 0 spiro atoms. The molecule has 1 aliphatic rings. The number of ether oxygens (including phenoxy) is 1. The van der Waals surface area contributed by atoms with E-state index in [-0.39, 0.29) is 12.4 Å². The molecule has 1 heterocycles. The predicted molar refractivity (Wildman–Crippen MR) is 112 cm³/mol. The summed E-state index contributed by atoms with van der Waals surface area (Å²) in [6.07, 6.45) is 2.70. The largest absolute Gasteiger partial charge is 0.489 e. The number of nitrogens with zero attached hydrogens (tertiary/aromatic N) is 1. The molecule has 1 saturated heterocycles. The molecule has 0 aromatic heterocycles. The molecule has 1 N–H and O–H groups in total. The van der Waals surface area contributed by atoms with Gasteiger partial charge in [-0.3, -0.25) is 4.79 Å². The summed E-state index contributed by atoms with van der Waals surface area (Å²) in [5, 5.41) is 4.16. The van der Waals surface area contributed by atoms with Gasteiger partial charge in [-0.2, -0.15) is 0 Å². The lowest BCUT2D eigenvalue weighted by molar-refractivity contribution is -0.127. The summed E-state index contributed by atoms with van der Waals surface area (Å²) in [7, 11) is 0. The van der Waals surface area contributed by atoms with Crippen LogP contribution in [0.1, 0.15) is 30.4 Å². The van der Waals surface area contributed by atoms with E-state index in [1.807, 2.05) is 47.4 Å². The van der Waals surface area contributed by atoms with E-state index in [1.54, 1.807) is 0 Å². The summed E-state index contributed by atoms with van der Waals surface area (Å²) in [5.74, 6) is 1.14. The van der Waals surface area contributed by atoms with Crippen molar-refractivity contribution in [1.29, 1.82) is 0 Å². The minimum Gasteiger partial charge on any atom is -0.489 e. The molecule has 1 amide bonds. The Bertz CT molecular complexity index is 740. The molecule has 4 nitrogen and oxygen atoms in total. The van der Waals surface area contributed by atoms with Gasteiger partial charge in [0.2, 0.25) is 5.91 Å². The van der Waals surface area contributed by atoms with Crippen LogP contribution >= 0.6 is 24.0 Å². The van der Waals surface area contributed by atoms with Gasteiger partial charge in [0, 0.05) is 36.6 Å². The first-order valence-electron chi connectivity index (χ1n) is 9.16. The van der Waals surface area contributed by atoms with Crippen molar-refractivity contribution in [2.45, 2.75) is 32.4 Å². The molecular formula is C21H26Cl2N2O2. The second-order valence-corrected chi connectivity index (χ2v) is 6.95. The second-order valence-electron chi connectivity index (χ2n) is 6.54. The SMILES string of the molecule is Cl.O=C1CCCN1CCCNCc1cccc(OCc2ccccc2Cl)c1. The van der Waals surface area contributed by atoms with Gasteiger partial charge in [-0.15, -0.1) is 12.4 Å². The Morgan fingerprint density at radius 3 is 2.78 bits per heavy atom. The zero-order valence-corrected chi connectivity index (χ0v) is 16.9. The van der Waals surface area contributed by atoms with E-state index < -0.39 is 0 Å². The fraction of sp³-hybridized carbons (Fsp3) is 0.381. The van der Waals surface area contributed by atoms with Crippen LogP contribution in [-0.4, -0.2) is 30.4 Å². The highest BCUT2D eigenvalue weighted by molar-refractivity contribution is 6.31. The third-order valence-corrected chi connectivity index (χ3v) is 4.90. The highest BCUT2D eigenvalue weighted by atomic mass is 35.5. The number of carbonyl (C=O) groups excluding carboxylic acids is 1. The number of nitrogens with one attached hydrogen (secondary N) is 1. The molecule has 146 valence electrons. The van der Waals surface area contributed by atoms with Crippen LogP contribution in [0.25, 0.3) is 0 Å². The van der Waals surface area contributed by atoms with Crippen LogP contribution in [0.2, 0.25) is 5.02 Å².